The standard InChI is InChI=1S/C15H15N3O/c1-11(19)13-7-8-17-15(9-13)18(2)14-5-3-12(10-16)4-6-14/h3-9,11,19H,1-2H3. The molecule has 0 aliphatic heterocycles. The molecule has 1 unspecified atom stereocenters. The van der Waals surface area contributed by atoms with Crippen molar-refractivity contribution in [2.45, 2.75) is 13.0 Å². The molecule has 0 aliphatic rings. The summed E-state index contributed by atoms with van der Waals surface area (Å²) in [6.07, 6.45) is 1.16. The largest absolute Gasteiger partial charge is 0.389 e. The third kappa shape index (κ3) is 2.90. The molecule has 1 aromatic carbocycles. The predicted molar refractivity (Wildman–Crippen MR) is 74.1 cm³/mol. The molecule has 0 amide bonds. The summed E-state index contributed by atoms with van der Waals surface area (Å²) < 4.78 is 0. The van der Waals surface area contributed by atoms with Crippen LogP contribution in [0.25, 0.3) is 0 Å². The van der Waals surface area contributed by atoms with E-state index < -0.39 is 6.10 Å². The quantitative estimate of drug-likeness (QED) is 0.913. The van der Waals surface area contributed by atoms with E-state index in [4.69, 9.17) is 5.26 Å². The maximum absolute atomic E-state index is 9.59. The fourth-order valence-corrected chi connectivity index (χ4v) is 1.77. The molecule has 1 atom stereocenters. The fraction of sp³-hybridized carbons (Fsp3) is 0.200. The van der Waals surface area contributed by atoms with E-state index in [0.717, 1.165) is 17.1 Å². The molecule has 0 bridgehead atoms. The molecule has 0 fully saturated rings. The van der Waals surface area contributed by atoms with Crippen LogP contribution in [0.2, 0.25) is 0 Å². The van der Waals surface area contributed by atoms with Gasteiger partial charge in [0, 0.05) is 18.9 Å². The molecule has 19 heavy (non-hydrogen) atoms. The van der Waals surface area contributed by atoms with Crippen LogP contribution < -0.4 is 4.90 Å². The third-order valence-electron chi connectivity index (χ3n) is 2.98. The van der Waals surface area contributed by atoms with E-state index in [-0.39, 0.29) is 0 Å². The summed E-state index contributed by atoms with van der Waals surface area (Å²) in [5.74, 6) is 0.753. The average molecular weight is 253 g/mol. The number of aliphatic hydroxyl groups is 1. The monoisotopic (exact) mass is 253 g/mol. The van der Waals surface area contributed by atoms with Crippen LogP contribution >= 0.6 is 0 Å². The van der Waals surface area contributed by atoms with Crippen LogP contribution in [0.15, 0.2) is 42.6 Å². The van der Waals surface area contributed by atoms with Gasteiger partial charge in [0.25, 0.3) is 0 Å². The molecule has 0 aliphatic carbocycles. The van der Waals surface area contributed by atoms with E-state index in [1.54, 1.807) is 31.3 Å². The Morgan fingerprint density at radius 2 is 1.95 bits per heavy atom. The van der Waals surface area contributed by atoms with Crippen LogP contribution in [0.3, 0.4) is 0 Å². The van der Waals surface area contributed by atoms with Gasteiger partial charge in [-0.3, -0.25) is 0 Å². The van der Waals surface area contributed by atoms with E-state index in [1.165, 1.54) is 0 Å². The number of hydrogen-bond donors (Lipinski definition) is 1. The van der Waals surface area contributed by atoms with Gasteiger partial charge in [-0.1, -0.05) is 0 Å². The van der Waals surface area contributed by atoms with Gasteiger partial charge in [-0.25, -0.2) is 4.98 Å². The lowest BCUT2D eigenvalue weighted by Gasteiger charge is -2.19. The fourth-order valence-electron chi connectivity index (χ4n) is 1.77. The molecule has 0 radical (unpaired) electrons. The minimum absolute atomic E-state index is 0.517. The highest BCUT2D eigenvalue weighted by atomic mass is 16.3. The number of hydrogen-bond acceptors (Lipinski definition) is 4. The molecule has 2 rings (SSSR count). The van der Waals surface area contributed by atoms with Crippen LogP contribution in [-0.4, -0.2) is 17.1 Å². The van der Waals surface area contributed by atoms with Gasteiger partial charge in [0.05, 0.1) is 17.7 Å². The van der Waals surface area contributed by atoms with Crippen LogP contribution in [0.5, 0.6) is 0 Å². The maximum atomic E-state index is 9.59. The Balaban J connectivity index is 2.30. The van der Waals surface area contributed by atoms with Crippen molar-refractivity contribution in [3.8, 4) is 6.07 Å². The van der Waals surface area contributed by atoms with Crippen LogP contribution in [0.1, 0.15) is 24.2 Å². The minimum atomic E-state index is -0.517. The molecule has 1 heterocycles. The second-order valence-electron chi connectivity index (χ2n) is 4.34. The van der Waals surface area contributed by atoms with Crippen molar-refractivity contribution in [1.82, 2.24) is 4.98 Å². The normalized spacial score (nSPS) is 11.7. The maximum Gasteiger partial charge on any atom is 0.133 e. The Morgan fingerprint density at radius 1 is 1.26 bits per heavy atom. The number of pyridine rings is 1. The molecule has 4 nitrogen and oxygen atoms in total. The summed E-state index contributed by atoms with van der Waals surface area (Å²) in [7, 11) is 1.90. The summed E-state index contributed by atoms with van der Waals surface area (Å²) in [5, 5.41) is 18.4. The zero-order valence-corrected chi connectivity index (χ0v) is 10.9. The Kier molecular flexibility index (Phi) is 3.79. The lowest BCUT2D eigenvalue weighted by atomic mass is 10.1. The summed E-state index contributed by atoms with van der Waals surface area (Å²) >= 11 is 0. The SMILES string of the molecule is CC(O)c1ccnc(N(C)c2ccc(C#N)cc2)c1. The lowest BCUT2D eigenvalue weighted by Crippen LogP contribution is -2.11. The highest BCUT2D eigenvalue weighted by Crippen LogP contribution is 2.24. The number of nitrogens with zero attached hydrogens (tertiary/aromatic N) is 3. The first-order valence-electron chi connectivity index (χ1n) is 5.99. The van der Waals surface area contributed by atoms with Gasteiger partial charge in [0.2, 0.25) is 0 Å². The average Bonchev–Trinajstić information content (AvgIpc) is 2.46. The number of anilines is 2. The lowest BCUT2D eigenvalue weighted by molar-refractivity contribution is 0.199. The molecular formula is C15H15N3O. The summed E-state index contributed by atoms with van der Waals surface area (Å²) in [4.78, 5) is 6.20. The van der Waals surface area contributed by atoms with Crippen LogP contribution in [0, 0.1) is 11.3 Å². The zero-order valence-electron chi connectivity index (χ0n) is 10.9. The van der Waals surface area contributed by atoms with Gasteiger partial charge in [-0.2, -0.15) is 5.26 Å². The highest BCUT2D eigenvalue weighted by Gasteiger charge is 2.08. The molecule has 2 aromatic rings. The van der Waals surface area contributed by atoms with Gasteiger partial charge >= 0.3 is 0 Å². The smallest absolute Gasteiger partial charge is 0.133 e. The summed E-state index contributed by atoms with van der Waals surface area (Å²) in [6.45, 7) is 1.72. The van der Waals surface area contributed by atoms with Crippen molar-refractivity contribution in [3.05, 3.63) is 53.7 Å². The molecular weight excluding hydrogens is 238 g/mol. The molecule has 0 spiro atoms. The third-order valence-corrected chi connectivity index (χ3v) is 2.98. The van der Waals surface area contributed by atoms with Gasteiger partial charge in [-0.15, -0.1) is 0 Å². The Bertz CT molecular complexity index is 600. The van der Waals surface area contributed by atoms with Gasteiger partial charge < -0.3 is 10.0 Å². The number of nitriles is 1. The van der Waals surface area contributed by atoms with Crippen molar-refractivity contribution < 1.29 is 5.11 Å². The molecule has 1 aromatic heterocycles. The number of aliphatic hydroxyl groups excluding tert-OH is 1. The van der Waals surface area contributed by atoms with E-state index in [9.17, 15) is 5.11 Å². The van der Waals surface area contributed by atoms with E-state index in [1.807, 2.05) is 30.1 Å². The predicted octanol–water partition coefficient (Wildman–Crippen LogP) is 2.77. The summed E-state index contributed by atoms with van der Waals surface area (Å²) in [5.41, 5.74) is 2.39. The van der Waals surface area contributed by atoms with Crippen molar-refractivity contribution in [2.75, 3.05) is 11.9 Å². The Hall–Kier alpha value is -2.38. The zero-order chi connectivity index (χ0) is 13.8. The van der Waals surface area contributed by atoms with Crippen LogP contribution in [-0.2, 0) is 0 Å². The molecule has 1 N–H and O–H groups in total. The van der Waals surface area contributed by atoms with Gasteiger partial charge in [0.15, 0.2) is 0 Å². The van der Waals surface area contributed by atoms with Gasteiger partial charge in [0.1, 0.15) is 5.82 Å². The van der Waals surface area contributed by atoms with Crippen molar-refractivity contribution >= 4 is 11.5 Å². The van der Waals surface area contributed by atoms with Gasteiger partial charge in [-0.05, 0) is 48.9 Å². The van der Waals surface area contributed by atoms with Crippen molar-refractivity contribution in [2.24, 2.45) is 0 Å². The van der Waals surface area contributed by atoms with Crippen molar-refractivity contribution in [1.29, 1.82) is 5.26 Å². The highest BCUT2D eigenvalue weighted by molar-refractivity contribution is 5.60. The van der Waals surface area contributed by atoms with Crippen LogP contribution in [0.4, 0.5) is 11.5 Å². The Morgan fingerprint density at radius 3 is 2.53 bits per heavy atom. The minimum Gasteiger partial charge on any atom is -0.389 e. The molecule has 96 valence electrons. The topological polar surface area (TPSA) is 60.2 Å². The number of rotatable bonds is 3. The van der Waals surface area contributed by atoms with Crippen molar-refractivity contribution in [3.63, 3.8) is 0 Å². The Labute approximate surface area is 112 Å². The molecule has 0 saturated heterocycles. The van der Waals surface area contributed by atoms with E-state index in [2.05, 4.69) is 11.1 Å². The second-order valence-corrected chi connectivity index (χ2v) is 4.34. The van der Waals surface area contributed by atoms with E-state index in [0.29, 0.717) is 5.56 Å². The number of aromatic nitrogens is 1. The molecule has 0 saturated carbocycles. The number of benzene rings is 1. The first-order valence-corrected chi connectivity index (χ1v) is 5.99. The first-order chi connectivity index (χ1) is 9.11. The summed E-state index contributed by atoms with van der Waals surface area (Å²) in [6, 6.07) is 13.0. The first kappa shape index (κ1) is 13.1. The molecule has 4 heteroatoms. The van der Waals surface area contributed by atoms with E-state index >= 15 is 0 Å². The second kappa shape index (κ2) is 5.51.